The van der Waals surface area contributed by atoms with Crippen molar-refractivity contribution in [1.82, 2.24) is 0 Å². The van der Waals surface area contributed by atoms with Crippen molar-refractivity contribution in [2.24, 2.45) is 0 Å². The summed E-state index contributed by atoms with van der Waals surface area (Å²) in [5, 5.41) is -0.802. The highest BCUT2D eigenvalue weighted by atomic mass is 35.5. The molecule has 10 heteroatoms. The molecule has 0 atom stereocenters. The predicted octanol–water partition coefficient (Wildman–Crippen LogP) is 2.66. The minimum atomic E-state index is -4.78. The zero-order valence-electron chi connectivity index (χ0n) is 10.4. The number of rotatable bonds is 5. The van der Waals surface area contributed by atoms with Gasteiger partial charge in [0, 0.05) is 0 Å². The van der Waals surface area contributed by atoms with Crippen molar-refractivity contribution in [1.29, 1.82) is 0 Å². The predicted molar refractivity (Wildman–Crippen MR) is 67.8 cm³/mol. The average molecular weight is 334 g/mol. The molecule has 0 saturated carbocycles. The lowest BCUT2D eigenvalue weighted by Gasteiger charge is -2.19. The fourth-order valence-corrected chi connectivity index (χ4v) is 2.20. The Bertz CT molecular complexity index is 589. The molecule has 1 aromatic rings. The molecule has 0 fully saturated rings. The second-order valence-electron chi connectivity index (χ2n) is 3.55. The van der Waals surface area contributed by atoms with Crippen LogP contribution in [0.3, 0.4) is 0 Å². The van der Waals surface area contributed by atoms with E-state index < -0.39 is 38.5 Å². The van der Waals surface area contributed by atoms with E-state index in [0.717, 1.165) is 26.4 Å². The first-order chi connectivity index (χ1) is 9.16. The van der Waals surface area contributed by atoms with Gasteiger partial charge in [0.15, 0.2) is 5.75 Å². The Morgan fingerprint density at radius 2 is 1.85 bits per heavy atom. The summed E-state index contributed by atoms with van der Waals surface area (Å²) in [5.41, 5.74) is -1.58. The summed E-state index contributed by atoms with van der Waals surface area (Å²) in [7, 11) is -1.91. The van der Waals surface area contributed by atoms with Crippen LogP contribution in [-0.4, -0.2) is 27.8 Å². The number of alkyl halides is 4. The largest absolute Gasteiger partial charge is 0.496 e. The fraction of sp³-hybridized carbons (Fsp3) is 0.400. The number of anilines is 1. The molecule has 0 amide bonds. The highest BCUT2D eigenvalue weighted by Crippen LogP contribution is 2.46. The standard InChI is InChI=1S/C10H11ClF3NO4S/c1-18-7-4-3-6(15-20(16,17)5-11)9(19-2)8(7)10(12,13)14/h3-4,15H,5H2,1-2H3. The molecule has 1 rings (SSSR count). The molecule has 0 heterocycles. The molecule has 1 aromatic carbocycles. The Hall–Kier alpha value is -1.35. The van der Waals surface area contributed by atoms with Gasteiger partial charge in [-0.25, -0.2) is 8.42 Å². The van der Waals surface area contributed by atoms with Crippen LogP contribution in [0.4, 0.5) is 18.9 Å². The van der Waals surface area contributed by atoms with Crippen molar-refractivity contribution in [2.45, 2.75) is 6.18 Å². The summed E-state index contributed by atoms with van der Waals surface area (Å²) in [6.45, 7) is 0. The lowest BCUT2D eigenvalue weighted by molar-refractivity contribution is -0.139. The maximum absolute atomic E-state index is 13.0. The second-order valence-corrected chi connectivity index (χ2v) is 5.85. The summed E-state index contributed by atoms with van der Waals surface area (Å²) in [6.07, 6.45) is -4.78. The molecule has 114 valence electrons. The van der Waals surface area contributed by atoms with E-state index >= 15 is 0 Å². The maximum atomic E-state index is 13.0. The van der Waals surface area contributed by atoms with Crippen LogP contribution >= 0.6 is 11.6 Å². The van der Waals surface area contributed by atoms with E-state index in [1.54, 1.807) is 0 Å². The van der Waals surface area contributed by atoms with Gasteiger partial charge in [0.1, 0.15) is 16.5 Å². The monoisotopic (exact) mass is 333 g/mol. The zero-order valence-corrected chi connectivity index (χ0v) is 12.0. The minimum Gasteiger partial charge on any atom is -0.496 e. The molecular weight excluding hydrogens is 323 g/mol. The van der Waals surface area contributed by atoms with Crippen LogP contribution in [0.1, 0.15) is 5.56 Å². The van der Waals surface area contributed by atoms with Crippen molar-refractivity contribution < 1.29 is 31.1 Å². The first kappa shape index (κ1) is 16.7. The van der Waals surface area contributed by atoms with Crippen LogP contribution in [0, 0.1) is 0 Å². The van der Waals surface area contributed by atoms with Crippen LogP contribution in [0.25, 0.3) is 0 Å². The lowest BCUT2D eigenvalue weighted by Crippen LogP contribution is -2.16. The third-order valence-electron chi connectivity index (χ3n) is 2.24. The number of hydrogen-bond donors (Lipinski definition) is 1. The van der Waals surface area contributed by atoms with Crippen LogP contribution in [0.5, 0.6) is 11.5 Å². The van der Waals surface area contributed by atoms with Crippen molar-refractivity contribution >= 4 is 27.3 Å². The van der Waals surface area contributed by atoms with Gasteiger partial charge in [0.25, 0.3) is 0 Å². The molecule has 0 bridgehead atoms. The number of benzene rings is 1. The Balaban J connectivity index is 3.50. The Kier molecular flexibility index (Phi) is 4.98. The summed E-state index contributed by atoms with van der Waals surface area (Å²) in [4.78, 5) is 0. The SMILES string of the molecule is COc1ccc(NS(=O)(=O)CCl)c(OC)c1C(F)(F)F. The average Bonchev–Trinajstić information content (AvgIpc) is 2.36. The summed E-state index contributed by atoms with van der Waals surface area (Å²) >= 11 is 5.19. The molecule has 0 aliphatic rings. The van der Waals surface area contributed by atoms with Crippen LogP contribution in [0.2, 0.25) is 0 Å². The minimum absolute atomic E-state index is 0.374. The Morgan fingerprint density at radius 3 is 2.25 bits per heavy atom. The molecule has 0 spiro atoms. The van der Waals surface area contributed by atoms with E-state index in [2.05, 4.69) is 9.47 Å². The van der Waals surface area contributed by atoms with Gasteiger partial charge in [-0.15, -0.1) is 11.6 Å². The van der Waals surface area contributed by atoms with Crippen molar-refractivity contribution in [3.63, 3.8) is 0 Å². The van der Waals surface area contributed by atoms with Gasteiger partial charge in [-0.05, 0) is 12.1 Å². The molecule has 0 radical (unpaired) electrons. The number of nitrogens with one attached hydrogen (secondary N) is 1. The summed E-state index contributed by atoms with van der Waals surface area (Å²) in [5.74, 6) is -1.17. The number of methoxy groups -OCH3 is 2. The first-order valence-corrected chi connectivity index (χ1v) is 7.23. The van der Waals surface area contributed by atoms with Crippen LogP contribution < -0.4 is 14.2 Å². The van der Waals surface area contributed by atoms with E-state index in [1.165, 1.54) is 0 Å². The molecular formula is C10H11ClF3NO4S. The number of sulfonamides is 1. The van der Waals surface area contributed by atoms with E-state index in [0.29, 0.717) is 0 Å². The van der Waals surface area contributed by atoms with Gasteiger partial charge in [-0.2, -0.15) is 13.2 Å². The molecule has 0 unspecified atom stereocenters. The summed E-state index contributed by atoms with van der Waals surface area (Å²) < 4.78 is 72.9. The maximum Gasteiger partial charge on any atom is 0.423 e. The van der Waals surface area contributed by atoms with Gasteiger partial charge in [-0.1, -0.05) is 0 Å². The topological polar surface area (TPSA) is 64.6 Å². The highest BCUT2D eigenvalue weighted by molar-refractivity contribution is 7.93. The smallest absolute Gasteiger partial charge is 0.423 e. The molecule has 0 aromatic heterocycles. The zero-order chi connectivity index (χ0) is 15.6. The second kappa shape index (κ2) is 5.96. The number of ether oxygens (including phenoxy) is 2. The Labute approximate surface area is 118 Å². The third kappa shape index (κ3) is 3.60. The normalized spacial score (nSPS) is 12.1. The van der Waals surface area contributed by atoms with Gasteiger partial charge < -0.3 is 9.47 Å². The Morgan fingerprint density at radius 1 is 1.25 bits per heavy atom. The van der Waals surface area contributed by atoms with E-state index in [1.807, 2.05) is 4.72 Å². The molecule has 0 aliphatic heterocycles. The van der Waals surface area contributed by atoms with E-state index in [9.17, 15) is 21.6 Å². The molecule has 0 aliphatic carbocycles. The quantitative estimate of drug-likeness (QED) is 0.841. The van der Waals surface area contributed by atoms with Crippen LogP contribution in [-0.2, 0) is 16.2 Å². The lowest BCUT2D eigenvalue weighted by atomic mass is 10.1. The van der Waals surface area contributed by atoms with Crippen molar-refractivity contribution in [3.8, 4) is 11.5 Å². The van der Waals surface area contributed by atoms with Crippen LogP contribution in [0.15, 0.2) is 12.1 Å². The summed E-state index contributed by atoms with van der Waals surface area (Å²) in [6, 6.07) is 2.08. The van der Waals surface area contributed by atoms with Gasteiger partial charge in [-0.3, -0.25) is 4.72 Å². The molecule has 20 heavy (non-hydrogen) atoms. The fourth-order valence-electron chi connectivity index (χ4n) is 1.49. The molecule has 1 N–H and O–H groups in total. The van der Waals surface area contributed by atoms with Gasteiger partial charge in [0.05, 0.1) is 19.9 Å². The highest BCUT2D eigenvalue weighted by Gasteiger charge is 2.39. The molecule has 5 nitrogen and oxygen atoms in total. The van der Waals surface area contributed by atoms with Crippen molar-refractivity contribution in [2.75, 3.05) is 24.2 Å². The van der Waals surface area contributed by atoms with Crippen molar-refractivity contribution in [3.05, 3.63) is 17.7 Å². The first-order valence-electron chi connectivity index (χ1n) is 5.05. The number of hydrogen-bond acceptors (Lipinski definition) is 4. The van der Waals surface area contributed by atoms with E-state index in [-0.39, 0.29) is 5.69 Å². The third-order valence-corrected chi connectivity index (χ3v) is 3.92. The van der Waals surface area contributed by atoms with Gasteiger partial charge >= 0.3 is 6.18 Å². The van der Waals surface area contributed by atoms with E-state index in [4.69, 9.17) is 11.6 Å². The molecule has 0 saturated heterocycles. The van der Waals surface area contributed by atoms with Gasteiger partial charge in [0.2, 0.25) is 10.0 Å². The number of halogens is 4.